The molecule has 131 heavy (non-hydrogen) atoms. The summed E-state index contributed by atoms with van der Waals surface area (Å²) in [4.78, 5) is 85.1. The Morgan fingerprint density at radius 3 is 1.10 bits per heavy atom. The molecule has 0 radical (unpaired) electrons. The third-order valence-electron chi connectivity index (χ3n) is 21.4. The number of carbonyl (C=O) groups excluding carboxylic acids is 4. The molecule has 652 valence electrons. The number of amides is 4. The van der Waals surface area contributed by atoms with Crippen molar-refractivity contribution >= 4 is 76.2 Å². The molecular formula is C96H85F2N29O4. The van der Waals surface area contributed by atoms with E-state index in [2.05, 4.69) is 79.9 Å². The number of aryl methyl sites for hydroxylation is 4. The monoisotopic (exact) mass is 1750 g/mol. The Morgan fingerprint density at radius 2 is 0.748 bits per heavy atom. The SMILES string of the molecule is Cc1cccc(-c2nn(C(C)C)cc2-c2ccc3ncnn3c2/C=C/C(N)=O)n1.Cc1cccc(-c2nn(C3CCCC3)cc2-c2ccc3ncnn3c2/C=C/C(N)=O)n1.Cc1cccc(-c2nn(Cc3cccc(C(F)F)c3)cc2-c2ccc3ncnn3c2/C=C/C(N)=O)n1.[C-]#[N+]c1cccc(Cn2cc(-c3ccc4ncnn4c3/C=C/C(N)=O)c(-c3cccc(C)n3)n2)c1. The number of hydrogen-bond donors (Lipinski definition) is 4. The summed E-state index contributed by atoms with van der Waals surface area (Å²) in [6.07, 6.45) is 27.6. The molecule has 2 aromatic carbocycles. The van der Waals surface area contributed by atoms with Crippen molar-refractivity contribution in [3.63, 3.8) is 0 Å². The van der Waals surface area contributed by atoms with Gasteiger partial charge in [0.1, 0.15) is 48.1 Å². The molecular weight excluding hydrogens is 1660 g/mol. The number of alkyl halides is 2. The van der Waals surface area contributed by atoms with Crippen LogP contribution in [0.15, 0.2) is 244 Å². The molecule has 8 N–H and O–H groups in total. The second-order valence-corrected chi connectivity index (χ2v) is 31.0. The van der Waals surface area contributed by atoms with Gasteiger partial charge in [-0.25, -0.2) is 51.6 Å². The van der Waals surface area contributed by atoms with Gasteiger partial charge in [-0.05, 0) is 193 Å². The number of halogens is 2. The van der Waals surface area contributed by atoms with E-state index >= 15 is 0 Å². The maximum atomic E-state index is 13.2. The average molecular weight is 1750 g/mol. The van der Waals surface area contributed by atoms with Crippen LogP contribution in [-0.4, -0.2) is 141 Å². The fourth-order valence-electron chi connectivity index (χ4n) is 15.4. The van der Waals surface area contributed by atoms with Crippen LogP contribution in [0.1, 0.15) is 120 Å². The first-order valence-corrected chi connectivity index (χ1v) is 41.6. The molecule has 1 saturated carbocycles. The van der Waals surface area contributed by atoms with Crippen molar-refractivity contribution in [2.45, 2.75) is 98.8 Å². The molecule has 0 spiro atoms. The molecule has 0 saturated heterocycles. The summed E-state index contributed by atoms with van der Waals surface area (Å²) in [6.45, 7) is 19.9. The molecule has 0 bridgehead atoms. The lowest BCUT2D eigenvalue weighted by atomic mass is 10.0. The molecule has 33 nitrogen and oxygen atoms in total. The van der Waals surface area contributed by atoms with E-state index in [9.17, 15) is 28.0 Å². The van der Waals surface area contributed by atoms with E-state index < -0.39 is 30.1 Å². The number of benzene rings is 2. The lowest BCUT2D eigenvalue weighted by Gasteiger charge is -2.09. The van der Waals surface area contributed by atoms with E-state index in [1.165, 1.54) is 74.6 Å². The van der Waals surface area contributed by atoms with Gasteiger partial charge in [0.15, 0.2) is 28.3 Å². The van der Waals surface area contributed by atoms with Crippen LogP contribution in [-0.2, 0) is 32.3 Å². The normalized spacial score (nSPS) is 12.3. The number of nitrogens with zero attached hydrogens (tertiary/aromatic N) is 25. The highest BCUT2D eigenvalue weighted by Crippen LogP contribution is 2.41. The minimum Gasteiger partial charge on any atom is -0.366 e. The second kappa shape index (κ2) is 38.6. The predicted molar refractivity (Wildman–Crippen MR) is 492 cm³/mol. The Morgan fingerprint density at radius 1 is 0.412 bits per heavy atom. The second-order valence-electron chi connectivity index (χ2n) is 31.0. The Hall–Kier alpha value is -17.5. The van der Waals surface area contributed by atoms with Gasteiger partial charge in [-0.15, -0.1) is 0 Å². The number of aromatic nitrogens is 24. The summed E-state index contributed by atoms with van der Waals surface area (Å²) in [7, 11) is 0. The average Bonchev–Trinajstić information content (AvgIpc) is 1.59. The van der Waals surface area contributed by atoms with Gasteiger partial charge in [-0.2, -0.15) is 40.8 Å². The topological polar surface area (TPSA) is 420 Å². The molecule has 4 amide bonds. The lowest BCUT2D eigenvalue weighted by Crippen LogP contribution is -2.06. The van der Waals surface area contributed by atoms with Gasteiger partial charge in [-0.3, -0.25) is 57.8 Å². The maximum absolute atomic E-state index is 13.2. The minimum absolute atomic E-state index is 0.0454. The Bertz CT molecular complexity index is 7520. The first kappa shape index (κ1) is 87.0. The number of hydrogen-bond acceptors (Lipinski definition) is 20. The van der Waals surface area contributed by atoms with Crippen LogP contribution in [0.4, 0.5) is 14.5 Å². The van der Waals surface area contributed by atoms with Gasteiger partial charge in [0.2, 0.25) is 23.6 Å². The van der Waals surface area contributed by atoms with E-state index in [1.54, 1.807) is 71.3 Å². The molecule has 35 heteroatoms. The molecule has 18 aromatic rings. The van der Waals surface area contributed by atoms with Crippen LogP contribution in [0.3, 0.4) is 0 Å². The number of fused-ring (bicyclic) bond motifs is 4. The van der Waals surface area contributed by atoms with Crippen molar-refractivity contribution in [2.24, 2.45) is 22.9 Å². The smallest absolute Gasteiger partial charge is 0.263 e. The summed E-state index contributed by atoms with van der Waals surface area (Å²) in [5.41, 5.74) is 44.8. The first-order chi connectivity index (χ1) is 63.4. The fraction of sp³-hybridized carbons (Fsp3) is 0.156. The van der Waals surface area contributed by atoms with Crippen molar-refractivity contribution in [3.8, 4) is 90.1 Å². The van der Waals surface area contributed by atoms with Gasteiger partial charge in [0, 0.05) is 128 Å². The highest BCUT2D eigenvalue weighted by atomic mass is 19.3. The summed E-state index contributed by atoms with van der Waals surface area (Å²) >= 11 is 0. The third-order valence-corrected chi connectivity index (χ3v) is 21.4. The maximum Gasteiger partial charge on any atom is 0.263 e. The van der Waals surface area contributed by atoms with E-state index in [1.807, 2.05) is 189 Å². The summed E-state index contributed by atoms with van der Waals surface area (Å²) in [5, 5.41) is 36.7. The Labute approximate surface area is 747 Å². The lowest BCUT2D eigenvalue weighted by molar-refractivity contribution is -0.114. The Kier molecular flexibility index (Phi) is 25.6. The Balaban J connectivity index is 0.000000128. The summed E-state index contributed by atoms with van der Waals surface area (Å²) < 4.78 is 40.6. The van der Waals surface area contributed by atoms with Crippen molar-refractivity contribution in [1.82, 2.24) is 117 Å². The number of primary amides is 4. The number of rotatable bonds is 23. The molecule has 19 rings (SSSR count). The van der Waals surface area contributed by atoms with Crippen molar-refractivity contribution in [1.29, 1.82) is 0 Å². The number of carbonyl (C=O) groups is 4. The van der Waals surface area contributed by atoms with Crippen molar-refractivity contribution < 1.29 is 28.0 Å². The molecule has 0 aliphatic heterocycles. The van der Waals surface area contributed by atoms with Gasteiger partial charge in [-0.1, -0.05) is 79.6 Å². The summed E-state index contributed by atoms with van der Waals surface area (Å²) in [5.74, 6) is -2.23. The zero-order chi connectivity index (χ0) is 91.5. The number of nitrogens with two attached hydrogens (primary N) is 4. The molecule has 0 unspecified atom stereocenters. The molecule has 1 aliphatic rings. The number of pyridine rings is 8. The van der Waals surface area contributed by atoms with Crippen LogP contribution >= 0.6 is 0 Å². The van der Waals surface area contributed by atoms with Crippen LogP contribution < -0.4 is 22.9 Å². The van der Waals surface area contributed by atoms with Crippen molar-refractivity contribution in [3.05, 3.63) is 318 Å². The summed E-state index contributed by atoms with van der Waals surface area (Å²) in [6, 6.07) is 52.6. The van der Waals surface area contributed by atoms with Gasteiger partial charge in [0.05, 0.1) is 71.3 Å². The van der Waals surface area contributed by atoms with Gasteiger partial charge < -0.3 is 22.9 Å². The van der Waals surface area contributed by atoms with Gasteiger partial charge >= 0.3 is 0 Å². The van der Waals surface area contributed by atoms with Crippen LogP contribution in [0.5, 0.6) is 0 Å². The van der Waals surface area contributed by atoms with Crippen LogP contribution in [0, 0.1) is 34.3 Å². The van der Waals surface area contributed by atoms with Crippen LogP contribution in [0.2, 0.25) is 0 Å². The molecule has 16 aromatic heterocycles. The molecule has 0 atom stereocenters. The first-order valence-electron chi connectivity index (χ1n) is 41.6. The predicted octanol–water partition coefficient (Wildman–Crippen LogP) is 15.1. The third kappa shape index (κ3) is 19.8. The molecule has 16 heterocycles. The van der Waals surface area contributed by atoms with E-state index in [0.717, 1.165) is 114 Å². The van der Waals surface area contributed by atoms with Crippen LogP contribution in [0.25, 0.3) is 142 Å². The fourth-order valence-corrected chi connectivity index (χ4v) is 15.4. The molecule has 1 fully saturated rings. The molecule has 1 aliphatic carbocycles. The van der Waals surface area contributed by atoms with E-state index in [4.69, 9.17) is 59.9 Å². The zero-order valence-electron chi connectivity index (χ0n) is 71.8. The largest absolute Gasteiger partial charge is 0.366 e. The van der Waals surface area contributed by atoms with E-state index in [0.29, 0.717) is 86.3 Å². The quantitative estimate of drug-likeness (QED) is 0.0341. The minimum atomic E-state index is -2.56. The highest BCUT2D eigenvalue weighted by molar-refractivity contribution is 5.96. The van der Waals surface area contributed by atoms with Crippen molar-refractivity contribution in [2.75, 3.05) is 0 Å². The standard InChI is InChI=1S/C26H21F2N7O.C26H20N8O.C23H23N7O.C21H21N7O/c1-16-4-2-7-21(32-16)25-20(14-34(33-25)13-17-5-3-6-18(12-17)26(27)28)19-8-11-24-30-15-31-35(24)22(19)9-10-23(29)36;1-17-5-3-8-22(31-17)26-21(15-33(32-26)14-18-6-4-7-19(13-18)28-2)20-9-12-25-29-16-30-34(25)23(20)10-11-24(27)35;1-15-5-4-8-19(27-15)23-18(13-29(28-23)16-6-2-3-7-16)17-9-12-22-25-14-26-30(22)20(17)10-11-21(24)31;1-13(2)27-11-16(21(26-27)17-6-4-5-14(3)25-17)15-7-10-20-23-12-24-28(20)18(15)8-9-19(22)29/h2-12,14-15,26H,13H2,1H3,(H2,29,36);3-13,15-16H,14H2,1H3,(H2,27,35);4-5,8-14,16H,2-3,6-7H2,1H3,(H2,24,31);4-13H,1-3H3,(H2,22,29)/b10-9+;2*11-10+;9-8+. The zero-order valence-corrected chi connectivity index (χ0v) is 71.8. The highest BCUT2D eigenvalue weighted by Gasteiger charge is 2.28. The van der Waals surface area contributed by atoms with E-state index in [-0.39, 0.29) is 18.2 Å². The van der Waals surface area contributed by atoms with Gasteiger partial charge in [0.25, 0.3) is 6.43 Å².